The van der Waals surface area contributed by atoms with Crippen molar-refractivity contribution in [3.8, 4) is 11.5 Å². The predicted octanol–water partition coefficient (Wildman–Crippen LogP) is 1.98. The molecule has 1 aromatic carbocycles. The molecule has 2 heterocycles. The Labute approximate surface area is 193 Å². The van der Waals surface area contributed by atoms with Crippen molar-refractivity contribution in [2.45, 2.75) is 39.2 Å². The van der Waals surface area contributed by atoms with Crippen LogP contribution in [0, 0.1) is 5.92 Å². The summed E-state index contributed by atoms with van der Waals surface area (Å²) in [6, 6.07) is 3.05. The molecule has 2 N–H and O–H groups in total. The van der Waals surface area contributed by atoms with Crippen molar-refractivity contribution in [3.05, 3.63) is 12.1 Å². The largest absolute Gasteiger partial charge is 0.492 e. The normalized spacial score (nSPS) is 22.9. The third-order valence-corrected chi connectivity index (χ3v) is 6.28. The molecule has 180 valence electrons. The fourth-order valence-corrected chi connectivity index (χ4v) is 4.37. The predicted molar refractivity (Wildman–Crippen MR) is 122 cm³/mol. The minimum absolute atomic E-state index is 0.132. The number of morpholine rings is 1. The first-order chi connectivity index (χ1) is 15.9. The molecule has 0 bridgehead atoms. The minimum Gasteiger partial charge on any atom is -0.492 e. The third kappa shape index (κ3) is 4.71. The average molecular weight is 461 g/mol. The Balaban J connectivity index is 1.53. The van der Waals surface area contributed by atoms with E-state index in [1.165, 1.54) is 0 Å². The van der Waals surface area contributed by atoms with Gasteiger partial charge >= 0.3 is 6.03 Å². The summed E-state index contributed by atoms with van der Waals surface area (Å²) in [5, 5.41) is 5.56. The van der Waals surface area contributed by atoms with Crippen LogP contribution in [0.3, 0.4) is 0 Å². The zero-order valence-corrected chi connectivity index (χ0v) is 19.4. The van der Waals surface area contributed by atoms with Crippen LogP contribution in [-0.2, 0) is 14.3 Å². The van der Waals surface area contributed by atoms with Crippen LogP contribution in [0.5, 0.6) is 11.5 Å². The molecule has 3 aliphatic rings. The van der Waals surface area contributed by atoms with Gasteiger partial charge in [0.2, 0.25) is 5.91 Å². The summed E-state index contributed by atoms with van der Waals surface area (Å²) in [4.78, 5) is 41.2. The molecule has 10 heteroatoms. The second-order valence-electron chi connectivity index (χ2n) is 8.63. The third-order valence-electron chi connectivity index (χ3n) is 6.28. The van der Waals surface area contributed by atoms with Gasteiger partial charge in [-0.2, -0.15) is 0 Å². The Morgan fingerprint density at radius 1 is 1.15 bits per heavy atom. The molecule has 1 atom stereocenters. The maximum atomic E-state index is 12.9. The maximum absolute atomic E-state index is 12.9. The number of urea groups is 1. The number of imide groups is 1. The molecule has 0 spiro atoms. The molecule has 0 aromatic heterocycles. The van der Waals surface area contributed by atoms with Gasteiger partial charge < -0.3 is 29.7 Å². The summed E-state index contributed by atoms with van der Waals surface area (Å²) in [5.41, 5.74) is 0.380. The molecule has 2 saturated heterocycles. The second kappa shape index (κ2) is 9.46. The first kappa shape index (κ1) is 23.2. The average Bonchev–Trinajstić information content (AvgIpc) is 3.62. The summed E-state index contributed by atoms with van der Waals surface area (Å²) in [6.07, 6.45) is 1.80. The second-order valence-corrected chi connectivity index (χ2v) is 8.63. The van der Waals surface area contributed by atoms with E-state index < -0.39 is 17.5 Å². The molecule has 1 saturated carbocycles. The zero-order chi connectivity index (χ0) is 23.6. The molecule has 2 aliphatic heterocycles. The lowest BCUT2D eigenvalue weighted by molar-refractivity contribution is -0.134. The van der Waals surface area contributed by atoms with E-state index >= 15 is 0 Å². The molecular weight excluding hydrogens is 428 g/mol. The molecule has 4 rings (SSSR count). The number of hydrogen-bond donors (Lipinski definition) is 2. The van der Waals surface area contributed by atoms with Gasteiger partial charge in [0.1, 0.15) is 23.6 Å². The Hall–Kier alpha value is -3.01. The minimum atomic E-state index is -0.921. The summed E-state index contributed by atoms with van der Waals surface area (Å²) < 4.78 is 17.1. The van der Waals surface area contributed by atoms with Gasteiger partial charge in [-0.05, 0) is 39.5 Å². The Morgan fingerprint density at radius 3 is 2.45 bits per heavy atom. The highest BCUT2D eigenvalue weighted by Gasteiger charge is 2.56. The number of anilines is 2. The van der Waals surface area contributed by atoms with Crippen LogP contribution in [0.25, 0.3) is 0 Å². The van der Waals surface area contributed by atoms with E-state index in [4.69, 9.17) is 14.2 Å². The number of rotatable bonds is 9. The van der Waals surface area contributed by atoms with Gasteiger partial charge in [0.15, 0.2) is 0 Å². The van der Waals surface area contributed by atoms with Gasteiger partial charge in [0, 0.05) is 25.2 Å². The van der Waals surface area contributed by atoms with Crippen LogP contribution >= 0.6 is 0 Å². The smallest absolute Gasteiger partial charge is 0.325 e. The summed E-state index contributed by atoms with van der Waals surface area (Å²) in [7, 11) is 0. The number of hydrogen-bond acceptors (Lipinski definition) is 7. The van der Waals surface area contributed by atoms with E-state index in [2.05, 4.69) is 15.5 Å². The van der Waals surface area contributed by atoms with Crippen molar-refractivity contribution in [3.63, 3.8) is 0 Å². The van der Waals surface area contributed by atoms with Crippen LogP contribution in [-0.4, -0.2) is 74.3 Å². The van der Waals surface area contributed by atoms with Crippen molar-refractivity contribution >= 4 is 29.2 Å². The number of carbonyl (C=O) groups is 3. The van der Waals surface area contributed by atoms with Gasteiger partial charge in [-0.15, -0.1) is 0 Å². The Morgan fingerprint density at radius 2 is 1.82 bits per heavy atom. The molecule has 1 aliphatic carbocycles. The zero-order valence-electron chi connectivity index (χ0n) is 19.4. The first-order valence-electron chi connectivity index (χ1n) is 11.6. The standard InChI is InChI=1S/C23H32N4O6/c1-4-32-18-13-17(26-8-10-31-11-9-26)19(33-5-2)12-16(18)24-20(28)14-27-21(29)23(3,15-6-7-15)25-22(27)30/h12-13,15H,4-11,14H2,1-3H3,(H,24,28)(H,25,30)/t23-/m1/s1. The lowest BCUT2D eigenvalue weighted by atomic mass is 9.96. The summed E-state index contributed by atoms with van der Waals surface area (Å²) in [6.45, 7) is 8.69. The SMILES string of the molecule is CCOc1cc(N2CCOCC2)c(OCC)cc1NC(=O)CN1C(=O)N[C@](C)(C2CC2)C1=O. The van der Waals surface area contributed by atoms with E-state index in [-0.39, 0.29) is 18.4 Å². The maximum Gasteiger partial charge on any atom is 0.325 e. The van der Waals surface area contributed by atoms with E-state index in [1.54, 1.807) is 13.0 Å². The summed E-state index contributed by atoms with van der Waals surface area (Å²) >= 11 is 0. The van der Waals surface area contributed by atoms with Crippen LogP contribution in [0.2, 0.25) is 0 Å². The van der Waals surface area contributed by atoms with Gasteiger partial charge in [-0.1, -0.05) is 0 Å². The number of carbonyl (C=O) groups excluding carboxylic acids is 3. The van der Waals surface area contributed by atoms with Crippen LogP contribution in [0.4, 0.5) is 16.2 Å². The molecule has 10 nitrogen and oxygen atoms in total. The van der Waals surface area contributed by atoms with Crippen molar-refractivity contribution < 1.29 is 28.6 Å². The lowest BCUT2D eigenvalue weighted by Gasteiger charge is -2.31. The number of nitrogens with zero attached hydrogens (tertiary/aromatic N) is 2. The van der Waals surface area contributed by atoms with Gasteiger partial charge in [0.05, 0.1) is 37.8 Å². The topological polar surface area (TPSA) is 109 Å². The van der Waals surface area contributed by atoms with Gasteiger partial charge in [-0.3, -0.25) is 14.5 Å². The number of ether oxygens (including phenoxy) is 3. The fourth-order valence-electron chi connectivity index (χ4n) is 4.37. The van der Waals surface area contributed by atoms with Crippen LogP contribution in [0.1, 0.15) is 33.6 Å². The van der Waals surface area contributed by atoms with Gasteiger partial charge in [-0.25, -0.2) is 4.79 Å². The van der Waals surface area contributed by atoms with E-state index in [9.17, 15) is 14.4 Å². The van der Waals surface area contributed by atoms with Gasteiger partial charge in [0.25, 0.3) is 5.91 Å². The van der Waals surface area contributed by atoms with E-state index in [0.717, 1.165) is 36.5 Å². The number of amides is 4. The molecular formula is C23H32N4O6. The highest BCUT2D eigenvalue weighted by atomic mass is 16.5. The number of benzene rings is 1. The van der Waals surface area contributed by atoms with Crippen LogP contribution in [0.15, 0.2) is 12.1 Å². The van der Waals surface area contributed by atoms with Crippen molar-refractivity contribution in [1.29, 1.82) is 0 Å². The fraction of sp³-hybridized carbons (Fsp3) is 0.609. The lowest BCUT2D eigenvalue weighted by Crippen LogP contribution is -2.46. The Bertz CT molecular complexity index is 928. The molecule has 33 heavy (non-hydrogen) atoms. The van der Waals surface area contributed by atoms with Crippen molar-refractivity contribution in [2.24, 2.45) is 5.92 Å². The molecule has 0 radical (unpaired) electrons. The van der Waals surface area contributed by atoms with Crippen molar-refractivity contribution in [2.75, 3.05) is 56.3 Å². The van der Waals surface area contributed by atoms with E-state index in [1.807, 2.05) is 19.9 Å². The molecule has 1 aromatic rings. The quantitative estimate of drug-likeness (QED) is 0.542. The highest BCUT2D eigenvalue weighted by Crippen LogP contribution is 2.43. The number of nitrogens with one attached hydrogen (secondary N) is 2. The van der Waals surface area contributed by atoms with Crippen molar-refractivity contribution in [1.82, 2.24) is 10.2 Å². The molecule has 4 amide bonds. The Kier molecular flexibility index (Phi) is 6.64. The van der Waals surface area contributed by atoms with E-state index in [0.29, 0.717) is 43.6 Å². The highest BCUT2D eigenvalue weighted by molar-refractivity contribution is 6.10. The molecule has 0 unspecified atom stereocenters. The first-order valence-corrected chi connectivity index (χ1v) is 11.6. The van der Waals surface area contributed by atoms with Crippen LogP contribution < -0.4 is 25.0 Å². The monoisotopic (exact) mass is 460 g/mol. The summed E-state index contributed by atoms with van der Waals surface area (Å²) in [5.74, 6) is 0.409. The molecule has 3 fully saturated rings.